The summed E-state index contributed by atoms with van der Waals surface area (Å²) >= 11 is 3.44. The number of methoxy groups -OCH3 is 1. The summed E-state index contributed by atoms with van der Waals surface area (Å²) in [5.41, 5.74) is 2.70. The highest BCUT2D eigenvalue weighted by molar-refractivity contribution is 9.10. The van der Waals surface area contributed by atoms with Gasteiger partial charge < -0.3 is 20.1 Å². The largest absolute Gasteiger partial charge is 0.495 e. The molecule has 31 heavy (non-hydrogen) atoms. The fourth-order valence-corrected chi connectivity index (χ4v) is 3.42. The van der Waals surface area contributed by atoms with Gasteiger partial charge in [-0.2, -0.15) is 0 Å². The zero-order valence-electron chi connectivity index (χ0n) is 17.4. The van der Waals surface area contributed by atoms with Gasteiger partial charge in [-0.1, -0.05) is 18.2 Å². The Kier molecular flexibility index (Phi) is 7.31. The third kappa shape index (κ3) is 5.86. The Labute approximate surface area is 189 Å². The van der Waals surface area contributed by atoms with E-state index in [0.29, 0.717) is 28.4 Å². The number of nitrogens with one attached hydrogen (secondary N) is 2. The van der Waals surface area contributed by atoms with Gasteiger partial charge in [0.05, 0.1) is 17.3 Å². The molecule has 7 heteroatoms. The molecule has 0 fully saturated rings. The van der Waals surface area contributed by atoms with Gasteiger partial charge in [0.25, 0.3) is 11.8 Å². The topological polar surface area (TPSA) is 76.7 Å². The molecule has 1 atom stereocenters. The van der Waals surface area contributed by atoms with E-state index >= 15 is 0 Å². The molecule has 2 amide bonds. The molecule has 6 nitrogen and oxygen atoms in total. The molecule has 0 bridgehead atoms. The minimum Gasteiger partial charge on any atom is -0.495 e. The van der Waals surface area contributed by atoms with Gasteiger partial charge >= 0.3 is 0 Å². The highest BCUT2D eigenvalue weighted by atomic mass is 79.9. The summed E-state index contributed by atoms with van der Waals surface area (Å²) in [6.07, 6.45) is -0.701. The summed E-state index contributed by atoms with van der Waals surface area (Å²) in [5, 5.41) is 5.61. The first-order valence-corrected chi connectivity index (χ1v) is 10.4. The van der Waals surface area contributed by atoms with Gasteiger partial charge in [-0.05, 0) is 83.9 Å². The third-order valence-electron chi connectivity index (χ3n) is 4.53. The first-order valence-electron chi connectivity index (χ1n) is 9.65. The summed E-state index contributed by atoms with van der Waals surface area (Å²) < 4.78 is 11.8. The lowest BCUT2D eigenvalue weighted by Gasteiger charge is -2.16. The molecule has 0 radical (unpaired) electrons. The number of carbonyl (C=O) groups excluding carboxylic acids is 2. The first-order chi connectivity index (χ1) is 14.9. The molecule has 0 heterocycles. The molecule has 3 aromatic rings. The van der Waals surface area contributed by atoms with Crippen LogP contribution >= 0.6 is 15.9 Å². The SMILES string of the molecule is COc1ccccc1NC(=O)c1ccc(NC(=O)C(C)Oc2ccc(C)cc2Br)cc1. The molecule has 160 valence electrons. The molecule has 0 aliphatic rings. The van der Waals surface area contributed by atoms with Crippen LogP contribution in [0.4, 0.5) is 11.4 Å². The minimum atomic E-state index is -0.701. The van der Waals surface area contributed by atoms with Crippen LogP contribution in [0.5, 0.6) is 11.5 Å². The van der Waals surface area contributed by atoms with Crippen molar-refractivity contribution in [1.82, 2.24) is 0 Å². The van der Waals surface area contributed by atoms with Gasteiger partial charge in [0.1, 0.15) is 11.5 Å². The van der Waals surface area contributed by atoms with Crippen LogP contribution < -0.4 is 20.1 Å². The first kappa shape index (κ1) is 22.4. The number of benzene rings is 3. The van der Waals surface area contributed by atoms with Crippen molar-refractivity contribution in [1.29, 1.82) is 0 Å². The zero-order valence-corrected chi connectivity index (χ0v) is 19.0. The molecule has 0 spiro atoms. The molecule has 0 aromatic heterocycles. The van der Waals surface area contributed by atoms with Crippen molar-refractivity contribution in [2.45, 2.75) is 20.0 Å². The van der Waals surface area contributed by atoms with Crippen molar-refractivity contribution in [3.8, 4) is 11.5 Å². The lowest BCUT2D eigenvalue weighted by molar-refractivity contribution is -0.122. The predicted octanol–water partition coefficient (Wildman–Crippen LogP) is 5.42. The van der Waals surface area contributed by atoms with Crippen molar-refractivity contribution in [3.05, 3.63) is 82.3 Å². The Morgan fingerprint density at radius 2 is 1.65 bits per heavy atom. The fraction of sp³-hybridized carbons (Fsp3) is 0.167. The molecule has 2 N–H and O–H groups in total. The second-order valence-corrected chi connectivity index (χ2v) is 7.77. The van der Waals surface area contributed by atoms with Gasteiger partial charge in [-0.25, -0.2) is 0 Å². The average molecular weight is 483 g/mol. The lowest BCUT2D eigenvalue weighted by Crippen LogP contribution is -2.30. The van der Waals surface area contributed by atoms with Crippen molar-refractivity contribution in [3.63, 3.8) is 0 Å². The standard InChI is InChI=1S/C24H23BrN2O4/c1-15-8-13-21(19(25)14-15)31-16(2)23(28)26-18-11-9-17(10-12-18)24(29)27-20-6-4-5-7-22(20)30-3/h4-14,16H,1-3H3,(H,26,28)(H,27,29). The van der Waals surface area contributed by atoms with Crippen molar-refractivity contribution >= 4 is 39.1 Å². The maximum Gasteiger partial charge on any atom is 0.265 e. The number of anilines is 2. The number of rotatable bonds is 7. The van der Waals surface area contributed by atoms with E-state index in [9.17, 15) is 9.59 Å². The summed E-state index contributed by atoms with van der Waals surface area (Å²) in [4.78, 5) is 25.0. The van der Waals surface area contributed by atoms with Crippen molar-refractivity contribution in [2.24, 2.45) is 0 Å². The monoisotopic (exact) mass is 482 g/mol. The third-order valence-corrected chi connectivity index (χ3v) is 5.15. The number of hydrogen-bond donors (Lipinski definition) is 2. The minimum absolute atomic E-state index is 0.275. The number of carbonyl (C=O) groups is 2. The number of hydrogen-bond acceptors (Lipinski definition) is 4. The van der Waals surface area contributed by atoms with Crippen LogP contribution in [-0.2, 0) is 4.79 Å². The molecular weight excluding hydrogens is 460 g/mol. The quantitative estimate of drug-likeness (QED) is 0.470. The van der Waals surface area contributed by atoms with E-state index in [0.717, 1.165) is 10.0 Å². The highest BCUT2D eigenvalue weighted by Gasteiger charge is 2.17. The number of aryl methyl sites for hydroxylation is 1. The van der Waals surface area contributed by atoms with E-state index in [1.54, 1.807) is 50.4 Å². The van der Waals surface area contributed by atoms with E-state index in [1.165, 1.54) is 0 Å². The van der Waals surface area contributed by atoms with E-state index in [1.807, 2.05) is 37.3 Å². The molecule has 0 aliphatic heterocycles. The average Bonchev–Trinajstić information content (AvgIpc) is 2.76. The molecule has 3 aromatic carbocycles. The Balaban J connectivity index is 1.60. The van der Waals surface area contributed by atoms with Gasteiger partial charge in [0.15, 0.2) is 6.10 Å². The van der Waals surface area contributed by atoms with Gasteiger partial charge in [-0.3, -0.25) is 9.59 Å². The van der Waals surface area contributed by atoms with E-state index in [2.05, 4.69) is 26.6 Å². The Hall–Kier alpha value is -3.32. The number of ether oxygens (including phenoxy) is 2. The van der Waals surface area contributed by atoms with Crippen LogP contribution in [0, 0.1) is 6.92 Å². The molecule has 1 unspecified atom stereocenters. The predicted molar refractivity (Wildman–Crippen MR) is 125 cm³/mol. The highest BCUT2D eigenvalue weighted by Crippen LogP contribution is 2.27. The molecule has 0 saturated carbocycles. The summed E-state index contributed by atoms with van der Waals surface area (Å²) in [6.45, 7) is 3.65. The summed E-state index contributed by atoms with van der Waals surface area (Å²) in [5.74, 6) is 0.604. The second-order valence-electron chi connectivity index (χ2n) is 6.91. The molecule has 0 saturated heterocycles. The zero-order chi connectivity index (χ0) is 22.4. The maximum atomic E-state index is 12.5. The smallest absolute Gasteiger partial charge is 0.265 e. The Bertz CT molecular complexity index is 1080. The van der Waals surface area contributed by atoms with E-state index < -0.39 is 6.10 Å². The van der Waals surface area contributed by atoms with Crippen LogP contribution in [0.25, 0.3) is 0 Å². The molecular formula is C24H23BrN2O4. The van der Waals surface area contributed by atoms with Crippen LogP contribution in [0.1, 0.15) is 22.8 Å². The number of para-hydroxylation sites is 2. The van der Waals surface area contributed by atoms with Gasteiger partial charge in [-0.15, -0.1) is 0 Å². The van der Waals surface area contributed by atoms with Crippen molar-refractivity contribution < 1.29 is 19.1 Å². The molecule has 0 aliphatic carbocycles. The van der Waals surface area contributed by atoms with Crippen LogP contribution in [-0.4, -0.2) is 25.0 Å². The lowest BCUT2D eigenvalue weighted by atomic mass is 10.1. The van der Waals surface area contributed by atoms with Crippen LogP contribution in [0.3, 0.4) is 0 Å². The summed E-state index contributed by atoms with van der Waals surface area (Å²) in [6, 6.07) is 19.5. The fourth-order valence-electron chi connectivity index (χ4n) is 2.84. The van der Waals surface area contributed by atoms with E-state index in [-0.39, 0.29) is 11.8 Å². The second kappa shape index (κ2) is 10.1. The van der Waals surface area contributed by atoms with E-state index in [4.69, 9.17) is 9.47 Å². The van der Waals surface area contributed by atoms with Gasteiger partial charge in [0, 0.05) is 11.3 Å². The number of halogens is 1. The van der Waals surface area contributed by atoms with Crippen LogP contribution in [0.15, 0.2) is 71.2 Å². The normalized spacial score (nSPS) is 11.4. The number of amides is 2. The Morgan fingerprint density at radius 3 is 2.32 bits per heavy atom. The van der Waals surface area contributed by atoms with Gasteiger partial charge in [0.2, 0.25) is 0 Å². The van der Waals surface area contributed by atoms with Crippen molar-refractivity contribution in [2.75, 3.05) is 17.7 Å². The Morgan fingerprint density at radius 1 is 0.935 bits per heavy atom. The van der Waals surface area contributed by atoms with Crippen LogP contribution in [0.2, 0.25) is 0 Å². The molecule has 3 rings (SSSR count). The summed E-state index contributed by atoms with van der Waals surface area (Å²) in [7, 11) is 1.55. The maximum absolute atomic E-state index is 12.5.